The third-order valence-electron chi connectivity index (χ3n) is 3.20. The van der Waals surface area contributed by atoms with Crippen LogP contribution in [0.4, 0.5) is 5.69 Å². The maximum atomic E-state index is 12.2. The smallest absolute Gasteiger partial charge is 0.265 e. The Labute approximate surface area is 128 Å². The lowest BCUT2D eigenvalue weighted by Crippen LogP contribution is -2.17. The van der Waals surface area contributed by atoms with E-state index in [4.69, 9.17) is 0 Å². The minimum Gasteiger partial charge on any atom is -0.355 e. The van der Waals surface area contributed by atoms with Crippen molar-refractivity contribution in [3.8, 4) is 0 Å². The second-order valence-corrected chi connectivity index (χ2v) is 5.82. The lowest BCUT2D eigenvalue weighted by molar-refractivity contribution is 0.0962. The molecule has 1 aromatic heterocycles. The first-order valence-electron chi connectivity index (χ1n) is 6.78. The van der Waals surface area contributed by atoms with E-state index in [1.807, 2.05) is 13.0 Å². The van der Waals surface area contributed by atoms with Crippen molar-refractivity contribution >= 4 is 28.8 Å². The van der Waals surface area contributed by atoms with Crippen LogP contribution in [-0.4, -0.2) is 18.9 Å². The van der Waals surface area contributed by atoms with Crippen LogP contribution in [0.2, 0.25) is 0 Å². The normalized spacial score (nSPS) is 10.2. The summed E-state index contributed by atoms with van der Waals surface area (Å²) in [6, 6.07) is 8.74. The highest BCUT2D eigenvalue weighted by Gasteiger charge is 2.12. The Balaban J connectivity index is 2.10. The Bertz CT molecular complexity index is 659. The monoisotopic (exact) mass is 302 g/mol. The molecule has 0 spiro atoms. The van der Waals surface area contributed by atoms with Gasteiger partial charge in [-0.15, -0.1) is 11.3 Å². The third kappa shape index (κ3) is 3.49. The summed E-state index contributed by atoms with van der Waals surface area (Å²) < 4.78 is 0. The average molecular weight is 302 g/mol. The van der Waals surface area contributed by atoms with E-state index in [0.29, 0.717) is 16.1 Å². The van der Waals surface area contributed by atoms with Gasteiger partial charge in [0.05, 0.1) is 4.88 Å². The van der Waals surface area contributed by atoms with E-state index < -0.39 is 0 Å². The van der Waals surface area contributed by atoms with Gasteiger partial charge in [0.15, 0.2) is 0 Å². The van der Waals surface area contributed by atoms with Gasteiger partial charge in [0.1, 0.15) is 0 Å². The summed E-state index contributed by atoms with van der Waals surface area (Å²) in [5.74, 6) is -0.259. The van der Waals surface area contributed by atoms with E-state index in [1.54, 1.807) is 31.3 Å². The third-order valence-corrected chi connectivity index (χ3v) is 4.58. The van der Waals surface area contributed by atoms with Crippen molar-refractivity contribution in [1.82, 2.24) is 5.32 Å². The lowest BCUT2D eigenvalue weighted by atomic mass is 10.2. The minimum absolute atomic E-state index is 0.115. The molecular weight excluding hydrogens is 284 g/mol. The van der Waals surface area contributed by atoms with E-state index in [-0.39, 0.29) is 11.8 Å². The van der Waals surface area contributed by atoms with Gasteiger partial charge < -0.3 is 10.6 Å². The molecule has 0 radical (unpaired) electrons. The first-order chi connectivity index (χ1) is 10.0. The maximum absolute atomic E-state index is 12.2. The molecule has 1 aromatic carbocycles. The van der Waals surface area contributed by atoms with Crippen LogP contribution in [0, 0.1) is 6.92 Å². The van der Waals surface area contributed by atoms with Crippen LogP contribution in [0.3, 0.4) is 0 Å². The molecule has 0 atom stereocenters. The number of carbonyl (C=O) groups excluding carboxylic acids is 2. The van der Waals surface area contributed by atoms with Crippen LogP contribution in [0.5, 0.6) is 0 Å². The maximum Gasteiger partial charge on any atom is 0.265 e. The van der Waals surface area contributed by atoms with E-state index in [2.05, 4.69) is 17.6 Å². The van der Waals surface area contributed by atoms with Crippen LogP contribution in [0.25, 0.3) is 0 Å². The molecule has 0 aliphatic heterocycles. The average Bonchev–Trinajstić information content (AvgIpc) is 2.88. The number of nitrogens with one attached hydrogen (secondary N) is 2. The predicted molar refractivity (Wildman–Crippen MR) is 86.2 cm³/mol. The molecule has 2 amide bonds. The highest BCUT2D eigenvalue weighted by atomic mass is 32.1. The fourth-order valence-electron chi connectivity index (χ4n) is 2.02. The van der Waals surface area contributed by atoms with E-state index in [9.17, 15) is 9.59 Å². The molecule has 2 aromatic rings. The molecule has 0 aliphatic rings. The Morgan fingerprint density at radius 2 is 1.81 bits per heavy atom. The molecule has 2 N–H and O–H groups in total. The number of thiophene rings is 1. The van der Waals surface area contributed by atoms with Crippen LogP contribution < -0.4 is 10.6 Å². The molecule has 5 heteroatoms. The summed E-state index contributed by atoms with van der Waals surface area (Å²) >= 11 is 1.52. The lowest BCUT2D eigenvalue weighted by Gasteiger charge is -2.05. The quantitative estimate of drug-likeness (QED) is 0.911. The van der Waals surface area contributed by atoms with Crippen LogP contribution in [0.15, 0.2) is 30.3 Å². The number of rotatable bonds is 4. The molecule has 0 saturated heterocycles. The van der Waals surface area contributed by atoms with Crippen molar-refractivity contribution in [2.24, 2.45) is 0 Å². The number of anilines is 1. The zero-order valence-corrected chi connectivity index (χ0v) is 13.1. The number of benzene rings is 1. The van der Waals surface area contributed by atoms with Gasteiger partial charge in [-0.1, -0.05) is 6.92 Å². The molecule has 21 heavy (non-hydrogen) atoms. The predicted octanol–water partition coefficient (Wildman–Crippen LogP) is 3.23. The van der Waals surface area contributed by atoms with E-state index in [0.717, 1.165) is 12.0 Å². The zero-order chi connectivity index (χ0) is 15.4. The number of carbonyl (C=O) groups is 2. The van der Waals surface area contributed by atoms with Crippen molar-refractivity contribution in [2.75, 3.05) is 12.4 Å². The first-order valence-corrected chi connectivity index (χ1v) is 7.59. The molecular formula is C16H18N2O2S. The van der Waals surface area contributed by atoms with Gasteiger partial charge in [0.25, 0.3) is 11.8 Å². The van der Waals surface area contributed by atoms with Crippen LogP contribution in [-0.2, 0) is 6.42 Å². The minimum atomic E-state index is -0.144. The van der Waals surface area contributed by atoms with Crippen LogP contribution in [0.1, 0.15) is 37.4 Å². The summed E-state index contributed by atoms with van der Waals surface area (Å²) in [5, 5.41) is 5.40. The largest absolute Gasteiger partial charge is 0.355 e. The molecule has 1 heterocycles. The van der Waals surface area contributed by atoms with E-state index in [1.165, 1.54) is 16.2 Å². The van der Waals surface area contributed by atoms with E-state index >= 15 is 0 Å². The molecule has 110 valence electrons. The standard InChI is InChI=1S/C16H18N2O2S/c1-4-13-10(2)9-14(21-13)16(20)18-12-7-5-11(6-8-12)15(19)17-3/h5-9H,4H2,1-3H3,(H,17,19)(H,18,20). The van der Waals surface area contributed by atoms with Gasteiger partial charge in [-0.2, -0.15) is 0 Å². The van der Waals surface area contributed by atoms with Crippen molar-refractivity contribution in [3.63, 3.8) is 0 Å². The van der Waals surface area contributed by atoms with Crippen molar-refractivity contribution < 1.29 is 9.59 Å². The Morgan fingerprint density at radius 3 is 2.33 bits per heavy atom. The topological polar surface area (TPSA) is 58.2 Å². The second-order valence-electron chi connectivity index (χ2n) is 4.68. The molecule has 0 fully saturated rings. The van der Waals surface area contributed by atoms with Gasteiger partial charge in [0, 0.05) is 23.2 Å². The molecule has 0 aliphatic carbocycles. The van der Waals surface area contributed by atoms with Crippen molar-refractivity contribution in [1.29, 1.82) is 0 Å². The van der Waals surface area contributed by atoms with Crippen LogP contribution >= 0.6 is 11.3 Å². The molecule has 0 unspecified atom stereocenters. The number of hydrogen-bond donors (Lipinski definition) is 2. The summed E-state index contributed by atoms with van der Waals surface area (Å²) in [6.45, 7) is 4.10. The number of aryl methyl sites for hydroxylation is 2. The van der Waals surface area contributed by atoms with Crippen molar-refractivity contribution in [2.45, 2.75) is 20.3 Å². The molecule has 4 nitrogen and oxygen atoms in total. The van der Waals surface area contributed by atoms with Gasteiger partial charge in [-0.3, -0.25) is 9.59 Å². The highest BCUT2D eigenvalue weighted by molar-refractivity contribution is 7.14. The zero-order valence-electron chi connectivity index (χ0n) is 12.3. The molecule has 0 saturated carbocycles. The van der Waals surface area contributed by atoms with Gasteiger partial charge >= 0.3 is 0 Å². The summed E-state index contributed by atoms with van der Waals surface area (Å²) in [6.07, 6.45) is 0.935. The van der Waals surface area contributed by atoms with Gasteiger partial charge in [-0.25, -0.2) is 0 Å². The SMILES string of the molecule is CCc1sc(C(=O)Nc2ccc(C(=O)NC)cc2)cc1C. The molecule has 2 rings (SSSR count). The number of hydrogen-bond acceptors (Lipinski definition) is 3. The Hall–Kier alpha value is -2.14. The summed E-state index contributed by atoms with van der Waals surface area (Å²) in [4.78, 5) is 25.6. The van der Waals surface area contributed by atoms with Gasteiger partial charge in [0.2, 0.25) is 0 Å². The van der Waals surface area contributed by atoms with Gasteiger partial charge in [-0.05, 0) is 49.2 Å². The number of amides is 2. The fourth-order valence-corrected chi connectivity index (χ4v) is 3.03. The van der Waals surface area contributed by atoms with Crippen molar-refractivity contribution in [3.05, 3.63) is 51.2 Å². The molecule has 0 bridgehead atoms. The summed E-state index contributed by atoms with van der Waals surface area (Å²) in [5.41, 5.74) is 2.40. The fraction of sp³-hybridized carbons (Fsp3) is 0.250. The Kier molecular flexibility index (Phi) is 4.75. The first kappa shape index (κ1) is 15.3. The highest BCUT2D eigenvalue weighted by Crippen LogP contribution is 2.23. The second kappa shape index (κ2) is 6.54. The summed E-state index contributed by atoms with van der Waals surface area (Å²) in [7, 11) is 1.59. The Morgan fingerprint density at radius 1 is 1.14 bits per heavy atom.